The minimum Gasteiger partial charge on any atom is -0.266 e. The molecule has 2 aromatic rings. The zero-order valence-corrected chi connectivity index (χ0v) is 20.1. The smallest absolute Gasteiger partial charge is 0.266 e. The van der Waals surface area contributed by atoms with Crippen LogP contribution in [-0.4, -0.2) is 30.0 Å². The number of hydrogen-bond donors (Lipinski definition) is 0. The third-order valence-electron chi connectivity index (χ3n) is 7.00. The van der Waals surface area contributed by atoms with E-state index in [1.165, 1.54) is 0 Å². The Hall–Kier alpha value is -1.74. The highest BCUT2D eigenvalue weighted by molar-refractivity contribution is 7.87. The molecule has 0 spiro atoms. The van der Waals surface area contributed by atoms with Gasteiger partial charge in [0.2, 0.25) is 0 Å². The van der Waals surface area contributed by atoms with E-state index in [-0.39, 0.29) is 34.8 Å². The number of rotatable bonds is 8. The van der Waals surface area contributed by atoms with Crippen molar-refractivity contribution >= 4 is 20.2 Å². The van der Waals surface area contributed by atoms with Crippen molar-refractivity contribution in [1.82, 2.24) is 0 Å². The third kappa shape index (κ3) is 5.09. The molecule has 0 aromatic heterocycles. The normalized spacial score (nSPS) is 25.7. The maximum Gasteiger partial charge on any atom is 0.296 e. The van der Waals surface area contributed by atoms with Crippen molar-refractivity contribution in [2.75, 3.05) is 13.2 Å². The highest BCUT2D eigenvalue weighted by Gasteiger charge is 2.45. The Morgan fingerprint density at radius 3 is 1.31 bits per heavy atom. The zero-order chi connectivity index (χ0) is 22.9. The Morgan fingerprint density at radius 2 is 0.969 bits per heavy atom. The van der Waals surface area contributed by atoms with E-state index in [1.807, 2.05) is 13.8 Å². The van der Waals surface area contributed by atoms with Crippen LogP contribution in [0.2, 0.25) is 0 Å². The zero-order valence-electron chi connectivity index (χ0n) is 18.4. The van der Waals surface area contributed by atoms with Crippen LogP contribution in [0.3, 0.4) is 0 Å². The van der Waals surface area contributed by atoms with Crippen LogP contribution in [0.15, 0.2) is 58.3 Å². The van der Waals surface area contributed by atoms with Gasteiger partial charge in [-0.05, 0) is 87.5 Å². The Kier molecular flexibility index (Phi) is 6.77. The van der Waals surface area contributed by atoms with Gasteiger partial charge in [0.05, 0.1) is 23.0 Å². The minimum absolute atomic E-state index is 0.166. The van der Waals surface area contributed by atoms with Crippen molar-refractivity contribution in [3.63, 3.8) is 0 Å². The van der Waals surface area contributed by atoms with Crippen molar-refractivity contribution in [2.24, 2.45) is 23.7 Å². The standard InChI is InChI=1S/C24H30O6S2/c1-17-3-9-21(10-4-17)31(25,26)29-15-19-7-13-24-20(8-14-23(19)24)16-30-32(27,28)22-11-5-18(2)6-12-22/h3-6,9-12,19-20,23-24H,7-8,13-16H2,1-2H3/t19?,20?,23-,24-/m0/s1. The van der Waals surface area contributed by atoms with E-state index in [0.29, 0.717) is 11.8 Å². The van der Waals surface area contributed by atoms with Gasteiger partial charge in [-0.3, -0.25) is 8.37 Å². The number of benzene rings is 2. The second-order valence-corrected chi connectivity index (χ2v) is 12.3. The largest absolute Gasteiger partial charge is 0.296 e. The third-order valence-corrected chi connectivity index (χ3v) is 9.59. The first-order valence-corrected chi connectivity index (χ1v) is 13.9. The highest BCUT2D eigenvalue weighted by Crippen LogP contribution is 2.51. The van der Waals surface area contributed by atoms with Crippen LogP contribution in [0, 0.1) is 37.5 Å². The molecule has 2 saturated carbocycles. The van der Waals surface area contributed by atoms with Crippen LogP contribution in [0.4, 0.5) is 0 Å². The Bertz CT molecular complexity index is 1040. The van der Waals surface area contributed by atoms with Crippen LogP contribution in [0.5, 0.6) is 0 Å². The van der Waals surface area contributed by atoms with Crippen molar-refractivity contribution in [3.8, 4) is 0 Å². The minimum atomic E-state index is -3.77. The van der Waals surface area contributed by atoms with E-state index in [2.05, 4.69) is 0 Å². The molecule has 0 N–H and O–H groups in total. The lowest BCUT2D eigenvalue weighted by Crippen LogP contribution is -2.21. The first kappa shape index (κ1) is 23.4. The monoisotopic (exact) mass is 478 g/mol. The lowest BCUT2D eigenvalue weighted by atomic mass is 9.89. The fraction of sp³-hybridized carbons (Fsp3) is 0.500. The summed E-state index contributed by atoms with van der Waals surface area (Å²) in [6.45, 7) is 4.16. The van der Waals surface area contributed by atoms with Crippen LogP contribution in [0.25, 0.3) is 0 Å². The lowest BCUT2D eigenvalue weighted by Gasteiger charge is -2.20. The average molecular weight is 479 g/mol. The molecule has 0 heterocycles. The summed E-state index contributed by atoms with van der Waals surface area (Å²) in [4.78, 5) is 0.355. The SMILES string of the molecule is Cc1ccc(S(=O)(=O)OCC2CC[C@H]3C(COS(=O)(=O)c4ccc(C)cc4)CC[C@@H]23)cc1. The van der Waals surface area contributed by atoms with Crippen LogP contribution < -0.4 is 0 Å². The quantitative estimate of drug-likeness (QED) is 0.521. The molecular weight excluding hydrogens is 448 g/mol. The second-order valence-electron chi connectivity index (χ2n) is 9.11. The fourth-order valence-corrected chi connectivity index (χ4v) is 7.07. The molecule has 0 saturated heterocycles. The molecule has 2 unspecified atom stereocenters. The first-order valence-electron chi connectivity index (χ1n) is 11.1. The first-order chi connectivity index (χ1) is 15.2. The van der Waals surface area contributed by atoms with E-state index in [4.69, 9.17) is 8.37 Å². The van der Waals surface area contributed by atoms with Gasteiger partial charge in [-0.1, -0.05) is 35.4 Å². The molecule has 6 nitrogen and oxygen atoms in total. The lowest BCUT2D eigenvalue weighted by molar-refractivity contribution is 0.188. The van der Waals surface area contributed by atoms with Crippen molar-refractivity contribution in [2.45, 2.75) is 49.3 Å². The molecule has 0 radical (unpaired) electrons. The Balaban J connectivity index is 1.32. The van der Waals surface area contributed by atoms with E-state index in [1.54, 1.807) is 48.5 Å². The second kappa shape index (κ2) is 9.25. The van der Waals surface area contributed by atoms with Crippen molar-refractivity contribution < 1.29 is 25.2 Å². The fourth-order valence-electron chi connectivity index (χ4n) is 5.15. The van der Waals surface area contributed by atoms with Gasteiger partial charge in [-0.25, -0.2) is 0 Å². The van der Waals surface area contributed by atoms with E-state index in [9.17, 15) is 16.8 Å². The van der Waals surface area contributed by atoms with Crippen molar-refractivity contribution in [3.05, 3.63) is 59.7 Å². The molecule has 2 aromatic carbocycles. The molecule has 4 atom stereocenters. The summed E-state index contributed by atoms with van der Waals surface area (Å²) < 4.78 is 60.9. The molecule has 4 rings (SSSR count). The molecule has 32 heavy (non-hydrogen) atoms. The average Bonchev–Trinajstić information content (AvgIpc) is 3.34. The number of hydrogen-bond acceptors (Lipinski definition) is 6. The summed E-state index contributed by atoms with van der Waals surface area (Å²) in [7, 11) is -7.55. The molecule has 2 fully saturated rings. The summed E-state index contributed by atoms with van der Waals surface area (Å²) in [6.07, 6.45) is 3.67. The van der Waals surface area contributed by atoms with Crippen LogP contribution in [0.1, 0.15) is 36.8 Å². The van der Waals surface area contributed by atoms with E-state index in [0.717, 1.165) is 36.8 Å². The van der Waals surface area contributed by atoms with Crippen molar-refractivity contribution in [1.29, 1.82) is 0 Å². The molecule has 0 amide bonds. The molecular formula is C24H30O6S2. The van der Waals surface area contributed by atoms with Gasteiger partial charge in [0.1, 0.15) is 0 Å². The molecule has 2 aliphatic carbocycles. The Labute approximate surface area is 191 Å². The topological polar surface area (TPSA) is 86.7 Å². The predicted octanol–water partition coefficient (Wildman–Crippen LogP) is 4.47. The van der Waals surface area contributed by atoms with Gasteiger partial charge in [0, 0.05) is 0 Å². The number of fused-ring (bicyclic) bond motifs is 1. The van der Waals surface area contributed by atoms with Crippen LogP contribution in [-0.2, 0) is 28.6 Å². The molecule has 174 valence electrons. The van der Waals surface area contributed by atoms with E-state index < -0.39 is 20.2 Å². The maximum atomic E-state index is 12.5. The van der Waals surface area contributed by atoms with Gasteiger partial charge < -0.3 is 0 Å². The van der Waals surface area contributed by atoms with Gasteiger partial charge in [0.15, 0.2) is 0 Å². The summed E-state index contributed by atoms with van der Waals surface area (Å²) in [5, 5.41) is 0. The highest BCUT2D eigenvalue weighted by atomic mass is 32.2. The van der Waals surface area contributed by atoms with Gasteiger partial charge in [0.25, 0.3) is 20.2 Å². The summed E-state index contributed by atoms with van der Waals surface area (Å²) >= 11 is 0. The molecule has 0 aliphatic heterocycles. The van der Waals surface area contributed by atoms with Crippen LogP contribution >= 0.6 is 0 Å². The summed E-state index contributed by atoms with van der Waals surface area (Å²) in [5.74, 6) is 1.02. The number of aryl methyl sites for hydroxylation is 2. The summed E-state index contributed by atoms with van der Waals surface area (Å²) in [5.41, 5.74) is 1.98. The van der Waals surface area contributed by atoms with E-state index >= 15 is 0 Å². The predicted molar refractivity (Wildman–Crippen MR) is 121 cm³/mol. The van der Waals surface area contributed by atoms with Gasteiger partial charge >= 0.3 is 0 Å². The molecule has 2 aliphatic rings. The van der Waals surface area contributed by atoms with Gasteiger partial charge in [-0.2, -0.15) is 16.8 Å². The summed E-state index contributed by atoms with van der Waals surface area (Å²) in [6, 6.07) is 13.3. The Morgan fingerprint density at radius 1 is 0.625 bits per heavy atom. The molecule has 0 bridgehead atoms. The maximum absolute atomic E-state index is 12.5. The molecule has 8 heteroatoms. The van der Waals surface area contributed by atoms with Gasteiger partial charge in [-0.15, -0.1) is 0 Å².